The molecule has 21 heavy (non-hydrogen) atoms. The minimum atomic E-state index is -0.259. The maximum absolute atomic E-state index is 11.9. The Bertz CT molecular complexity index is 625. The Balaban J connectivity index is 1.54. The number of amides is 2. The first-order valence-electron chi connectivity index (χ1n) is 6.69. The highest BCUT2D eigenvalue weighted by atomic mass is 16.7. The van der Waals surface area contributed by atoms with Crippen LogP contribution in [0.25, 0.3) is 0 Å². The third-order valence-corrected chi connectivity index (χ3v) is 3.13. The van der Waals surface area contributed by atoms with Gasteiger partial charge < -0.3 is 24.5 Å². The molecule has 110 valence electrons. The molecule has 1 aliphatic rings. The van der Waals surface area contributed by atoms with Gasteiger partial charge >= 0.3 is 6.03 Å². The SMILES string of the molecule is C[C@H](Cc1ccoc1)NC(=O)Nc1ccc2c(c1)OCO2. The molecule has 0 saturated carbocycles. The molecule has 0 aliphatic carbocycles. The molecule has 3 rings (SSSR count). The Hall–Kier alpha value is -2.63. The van der Waals surface area contributed by atoms with Crippen LogP contribution in [0.15, 0.2) is 41.2 Å². The zero-order chi connectivity index (χ0) is 14.7. The van der Waals surface area contributed by atoms with Gasteiger partial charge in [0.05, 0.1) is 12.5 Å². The minimum absolute atomic E-state index is 0.00314. The van der Waals surface area contributed by atoms with E-state index in [4.69, 9.17) is 13.9 Å². The summed E-state index contributed by atoms with van der Waals surface area (Å²) in [5.74, 6) is 1.33. The highest BCUT2D eigenvalue weighted by Crippen LogP contribution is 2.34. The molecule has 2 heterocycles. The van der Waals surface area contributed by atoms with Crippen LogP contribution in [-0.4, -0.2) is 18.9 Å². The van der Waals surface area contributed by atoms with Crippen LogP contribution in [0, 0.1) is 0 Å². The molecule has 6 heteroatoms. The average molecular weight is 288 g/mol. The van der Waals surface area contributed by atoms with Gasteiger partial charge in [-0.15, -0.1) is 0 Å². The van der Waals surface area contributed by atoms with Crippen molar-refractivity contribution in [2.45, 2.75) is 19.4 Å². The standard InChI is InChI=1S/C15H16N2O4/c1-10(6-11-4-5-19-8-11)16-15(18)17-12-2-3-13-14(7-12)21-9-20-13/h2-5,7-8,10H,6,9H2,1H3,(H2,16,17,18)/t10-/m1/s1. The summed E-state index contributed by atoms with van der Waals surface area (Å²) >= 11 is 0. The Morgan fingerprint density at radius 2 is 2.14 bits per heavy atom. The first-order chi connectivity index (χ1) is 10.2. The highest BCUT2D eigenvalue weighted by molar-refractivity contribution is 5.89. The van der Waals surface area contributed by atoms with Gasteiger partial charge in [-0.25, -0.2) is 4.79 Å². The second-order valence-corrected chi connectivity index (χ2v) is 4.90. The van der Waals surface area contributed by atoms with E-state index in [2.05, 4.69) is 10.6 Å². The molecule has 6 nitrogen and oxygen atoms in total. The Labute approximate surface area is 122 Å². The molecule has 0 fully saturated rings. The van der Waals surface area contributed by atoms with Gasteiger partial charge in [0, 0.05) is 17.8 Å². The number of benzene rings is 1. The summed E-state index contributed by atoms with van der Waals surface area (Å²) in [7, 11) is 0. The van der Waals surface area contributed by atoms with Crippen LogP contribution in [0.2, 0.25) is 0 Å². The number of hydrogen-bond donors (Lipinski definition) is 2. The second kappa shape index (κ2) is 5.78. The summed E-state index contributed by atoms with van der Waals surface area (Å²) < 4.78 is 15.5. The van der Waals surface area contributed by atoms with Crippen LogP contribution in [0.3, 0.4) is 0 Å². The first kappa shape index (κ1) is 13.4. The van der Waals surface area contributed by atoms with Crippen molar-refractivity contribution in [3.05, 3.63) is 42.4 Å². The summed E-state index contributed by atoms with van der Waals surface area (Å²) in [5.41, 5.74) is 1.71. The summed E-state index contributed by atoms with van der Waals surface area (Å²) in [4.78, 5) is 11.9. The lowest BCUT2D eigenvalue weighted by Crippen LogP contribution is -2.37. The van der Waals surface area contributed by atoms with E-state index in [1.165, 1.54) is 0 Å². The number of fused-ring (bicyclic) bond motifs is 1. The van der Waals surface area contributed by atoms with Crippen molar-refractivity contribution in [2.24, 2.45) is 0 Å². The number of furan rings is 1. The Morgan fingerprint density at radius 1 is 1.29 bits per heavy atom. The number of hydrogen-bond acceptors (Lipinski definition) is 4. The number of nitrogens with one attached hydrogen (secondary N) is 2. The van der Waals surface area contributed by atoms with Crippen molar-refractivity contribution in [2.75, 3.05) is 12.1 Å². The van der Waals surface area contributed by atoms with E-state index < -0.39 is 0 Å². The third-order valence-electron chi connectivity index (χ3n) is 3.13. The number of anilines is 1. The lowest BCUT2D eigenvalue weighted by molar-refractivity contribution is 0.174. The van der Waals surface area contributed by atoms with E-state index in [-0.39, 0.29) is 18.9 Å². The van der Waals surface area contributed by atoms with Crippen molar-refractivity contribution in [3.8, 4) is 11.5 Å². The van der Waals surface area contributed by atoms with Gasteiger partial charge in [0.15, 0.2) is 11.5 Å². The fraction of sp³-hybridized carbons (Fsp3) is 0.267. The number of ether oxygens (including phenoxy) is 2. The molecule has 1 atom stereocenters. The summed E-state index contributed by atoms with van der Waals surface area (Å²) in [6, 6.07) is 6.90. The van der Waals surface area contributed by atoms with Crippen molar-refractivity contribution in [1.82, 2.24) is 5.32 Å². The van der Waals surface area contributed by atoms with Crippen LogP contribution >= 0.6 is 0 Å². The van der Waals surface area contributed by atoms with Crippen molar-refractivity contribution >= 4 is 11.7 Å². The molecular weight excluding hydrogens is 272 g/mol. The molecule has 0 saturated heterocycles. The molecular formula is C15H16N2O4. The van der Waals surface area contributed by atoms with E-state index in [9.17, 15) is 4.79 Å². The van der Waals surface area contributed by atoms with E-state index >= 15 is 0 Å². The fourth-order valence-electron chi connectivity index (χ4n) is 2.18. The maximum Gasteiger partial charge on any atom is 0.319 e. The minimum Gasteiger partial charge on any atom is -0.472 e. The predicted molar refractivity (Wildman–Crippen MR) is 76.6 cm³/mol. The molecule has 0 unspecified atom stereocenters. The van der Waals surface area contributed by atoms with Gasteiger partial charge in [-0.05, 0) is 37.1 Å². The smallest absolute Gasteiger partial charge is 0.319 e. The number of rotatable bonds is 4. The van der Waals surface area contributed by atoms with E-state index in [0.717, 1.165) is 5.56 Å². The van der Waals surface area contributed by atoms with E-state index in [0.29, 0.717) is 23.6 Å². The summed E-state index contributed by atoms with van der Waals surface area (Å²) in [6.07, 6.45) is 4.01. The van der Waals surface area contributed by atoms with E-state index in [1.807, 2.05) is 13.0 Å². The largest absolute Gasteiger partial charge is 0.472 e. The van der Waals surface area contributed by atoms with Crippen molar-refractivity contribution in [1.29, 1.82) is 0 Å². The van der Waals surface area contributed by atoms with Gasteiger partial charge in [0.1, 0.15) is 0 Å². The first-order valence-corrected chi connectivity index (χ1v) is 6.69. The normalized spacial score (nSPS) is 13.8. The molecule has 0 bridgehead atoms. The van der Waals surface area contributed by atoms with Crippen LogP contribution in [0.4, 0.5) is 10.5 Å². The lowest BCUT2D eigenvalue weighted by Gasteiger charge is -2.14. The summed E-state index contributed by atoms with van der Waals surface area (Å²) in [5, 5.41) is 5.64. The second-order valence-electron chi connectivity index (χ2n) is 4.90. The van der Waals surface area contributed by atoms with Gasteiger partial charge in [0.25, 0.3) is 0 Å². The third kappa shape index (κ3) is 3.28. The van der Waals surface area contributed by atoms with Gasteiger partial charge in [-0.3, -0.25) is 0 Å². The van der Waals surface area contributed by atoms with E-state index in [1.54, 1.807) is 30.7 Å². The Morgan fingerprint density at radius 3 is 2.95 bits per heavy atom. The fourth-order valence-corrected chi connectivity index (χ4v) is 2.18. The van der Waals surface area contributed by atoms with Gasteiger partial charge in [-0.2, -0.15) is 0 Å². The average Bonchev–Trinajstić information content (AvgIpc) is 3.08. The van der Waals surface area contributed by atoms with Crippen molar-refractivity contribution < 1.29 is 18.7 Å². The molecule has 2 N–H and O–H groups in total. The number of carbonyl (C=O) groups is 1. The highest BCUT2D eigenvalue weighted by Gasteiger charge is 2.14. The molecule has 2 aromatic rings. The molecule has 0 spiro atoms. The van der Waals surface area contributed by atoms with Crippen molar-refractivity contribution in [3.63, 3.8) is 0 Å². The zero-order valence-corrected chi connectivity index (χ0v) is 11.6. The van der Waals surface area contributed by atoms with Crippen LogP contribution in [0.1, 0.15) is 12.5 Å². The monoisotopic (exact) mass is 288 g/mol. The quantitative estimate of drug-likeness (QED) is 0.907. The topological polar surface area (TPSA) is 72.7 Å². The Kier molecular flexibility index (Phi) is 3.68. The van der Waals surface area contributed by atoms with Crippen LogP contribution in [0.5, 0.6) is 11.5 Å². The molecule has 1 aromatic carbocycles. The number of urea groups is 1. The molecule has 0 radical (unpaired) electrons. The predicted octanol–water partition coefficient (Wildman–Crippen LogP) is 2.76. The van der Waals surface area contributed by atoms with Crippen LogP contribution in [-0.2, 0) is 6.42 Å². The molecule has 1 aromatic heterocycles. The number of carbonyl (C=O) groups excluding carboxylic acids is 1. The lowest BCUT2D eigenvalue weighted by atomic mass is 10.1. The maximum atomic E-state index is 11.9. The summed E-state index contributed by atoms with van der Waals surface area (Å²) in [6.45, 7) is 2.15. The van der Waals surface area contributed by atoms with Crippen LogP contribution < -0.4 is 20.1 Å². The zero-order valence-electron chi connectivity index (χ0n) is 11.6. The van der Waals surface area contributed by atoms with Gasteiger partial charge in [0.2, 0.25) is 6.79 Å². The molecule has 1 aliphatic heterocycles. The molecule has 2 amide bonds. The van der Waals surface area contributed by atoms with Gasteiger partial charge in [-0.1, -0.05) is 0 Å².